The number of amides is 1. The third-order valence-electron chi connectivity index (χ3n) is 3.74. The van der Waals surface area contributed by atoms with E-state index in [2.05, 4.69) is 30.7 Å². The minimum atomic E-state index is -0.176. The molecule has 8 nitrogen and oxygen atoms in total. The highest BCUT2D eigenvalue weighted by atomic mass is 32.2. The van der Waals surface area contributed by atoms with Crippen LogP contribution < -0.4 is 5.32 Å². The maximum absolute atomic E-state index is 12.1. The first kappa shape index (κ1) is 18.1. The van der Waals surface area contributed by atoms with Crippen molar-refractivity contribution < 1.29 is 4.79 Å². The van der Waals surface area contributed by atoms with Gasteiger partial charge in [-0.1, -0.05) is 60.0 Å². The number of anilines is 1. The van der Waals surface area contributed by atoms with Gasteiger partial charge in [0.1, 0.15) is 5.52 Å². The van der Waals surface area contributed by atoms with Crippen LogP contribution in [0, 0.1) is 0 Å². The Morgan fingerprint density at radius 3 is 2.89 bits per heavy atom. The number of carbonyl (C=O) groups is 1. The number of fused-ring (bicyclic) bond motifs is 3. The molecule has 11 heteroatoms. The lowest BCUT2D eigenvalue weighted by atomic mass is 10.2. The van der Waals surface area contributed by atoms with Crippen molar-refractivity contribution in [3.05, 3.63) is 24.3 Å². The summed E-state index contributed by atoms with van der Waals surface area (Å²) in [6, 6.07) is 7.97. The van der Waals surface area contributed by atoms with E-state index in [4.69, 9.17) is 0 Å². The van der Waals surface area contributed by atoms with Gasteiger partial charge in [0.15, 0.2) is 9.99 Å². The Morgan fingerprint density at radius 2 is 2.04 bits per heavy atom. The van der Waals surface area contributed by atoms with Gasteiger partial charge in [-0.15, -0.1) is 20.4 Å². The lowest BCUT2D eigenvalue weighted by Gasteiger charge is -2.01. The van der Waals surface area contributed by atoms with Crippen molar-refractivity contribution in [3.8, 4) is 0 Å². The average Bonchev–Trinajstić information content (AvgIpc) is 3.23. The first-order valence-corrected chi connectivity index (χ1v) is 10.9. The monoisotopic (exact) mass is 417 g/mol. The second-order valence-electron chi connectivity index (χ2n) is 5.49. The molecule has 0 spiro atoms. The fourth-order valence-electron chi connectivity index (χ4n) is 2.58. The first-order chi connectivity index (χ1) is 13.2. The Kier molecular flexibility index (Phi) is 5.23. The molecule has 3 aromatic heterocycles. The molecule has 27 heavy (non-hydrogen) atoms. The van der Waals surface area contributed by atoms with Crippen molar-refractivity contribution in [2.24, 2.45) is 7.05 Å². The lowest BCUT2D eigenvalue weighted by Crippen LogP contribution is -2.14. The van der Waals surface area contributed by atoms with E-state index >= 15 is 0 Å². The van der Waals surface area contributed by atoms with E-state index in [1.807, 2.05) is 42.8 Å². The van der Waals surface area contributed by atoms with Crippen LogP contribution in [0.3, 0.4) is 0 Å². The standard InChI is InChI=1S/C16H15N7OS3/c1-3-25-16-22-21-15(27-16)17-11(24)8-26-14-18-13-12(19-20-14)9-6-4-5-7-10(9)23(13)2/h4-7H,3,8H2,1-2H3,(H,17,21,24). The molecule has 1 aromatic carbocycles. The van der Waals surface area contributed by atoms with Crippen LogP contribution in [0.4, 0.5) is 5.13 Å². The number of aromatic nitrogens is 6. The number of rotatable bonds is 6. The van der Waals surface area contributed by atoms with Crippen LogP contribution in [0.5, 0.6) is 0 Å². The number of para-hydroxylation sites is 1. The largest absolute Gasteiger partial charge is 0.327 e. The molecular formula is C16H15N7OS3. The highest BCUT2D eigenvalue weighted by Gasteiger charge is 2.14. The van der Waals surface area contributed by atoms with E-state index in [0.29, 0.717) is 10.3 Å². The summed E-state index contributed by atoms with van der Waals surface area (Å²) in [6.07, 6.45) is 0. The average molecular weight is 418 g/mol. The molecule has 0 aliphatic heterocycles. The number of hydrogen-bond acceptors (Lipinski definition) is 9. The zero-order valence-corrected chi connectivity index (χ0v) is 17.0. The molecule has 1 N–H and O–H groups in total. The third-order valence-corrected chi connectivity index (χ3v) is 6.43. The summed E-state index contributed by atoms with van der Waals surface area (Å²) in [6.45, 7) is 2.04. The molecular weight excluding hydrogens is 402 g/mol. The van der Waals surface area contributed by atoms with E-state index in [9.17, 15) is 4.79 Å². The number of thioether (sulfide) groups is 2. The molecule has 0 radical (unpaired) electrons. The normalized spacial score (nSPS) is 11.3. The van der Waals surface area contributed by atoms with Crippen molar-refractivity contribution >= 4 is 68.0 Å². The molecule has 0 aliphatic rings. The zero-order chi connectivity index (χ0) is 18.8. The number of aryl methyl sites for hydroxylation is 1. The predicted octanol–water partition coefficient (Wildman–Crippen LogP) is 3.21. The molecule has 138 valence electrons. The summed E-state index contributed by atoms with van der Waals surface area (Å²) in [5.41, 5.74) is 2.56. The van der Waals surface area contributed by atoms with Crippen LogP contribution in [0.15, 0.2) is 33.8 Å². The fourth-order valence-corrected chi connectivity index (χ4v) is 4.83. The molecule has 0 atom stereocenters. The molecule has 0 unspecified atom stereocenters. The van der Waals surface area contributed by atoms with Crippen molar-refractivity contribution in [3.63, 3.8) is 0 Å². The number of nitrogens with zero attached hydrogens (tertiary/aromatic N) is 6. The van der Waals surface area contributed by atoms with Gasteiger partial charge in [0.25, 0.3) is 0 Å². The summed E-state index contributed by atoms with van der Waals surface area (Å²) < 4.78 is 2.83. The van der Waals surface area contributed by atoms with Gasteiger partial charge in [0.05, 0.1) is 11.3 Å². The highest BCUT2D eigenvalue weighted by molar-refractivity contribution is 8.01. The predicted molar refractivity (Wildman–Crippen MR) is 109 cm³/mol. The van der Waals surface area contributed by atoms with Gasteiger partial charge in [0, 0.05) is 12.4 Å². The zero-order valence-electron chi connectivity index (χ0n) is 14.5. The van der Waals surface area contributed by atoms with E-state index in [1.54, 1.807) is 11.8 Å². The minimum Gasteiger partial charge on any atom is -0.327 e. The Bertz CT molecular complexity index is 1120. The van der Waals surface area contributed by atoms with Crippen molar-refractivity contribution in [2.45, 2.75) is 16.4 Å². The van der Waals surface area contributed by atoms with Crippen molar-refractivity contribution in [2.75, 3.05) is 16.8 Å². The Hall–Kier alpha value is -2.24. The van der Waals surface area contributed by atoms with E-state index in [1.165, 1.54) is 23.1 Å². The van der Waals surface area contributed by atoms with Crippen LogP contribution in [0.2, 0.25) is 0 Å². The summed E-state index contributed by atoms with van der Waals surface area (Å²) in [4.78, 5) is 16.7. The highest BCUT2D eigenvalue weighted by Crippen LogP contribution is 2.27. The molecule has 0 saturated carbocycles. The van der Waals surface area contributed by atoms with Gasteiger partial charge in [-0.2, -0.15) is 0 Å². The smallest absolute Gasteiger partial charge is 0.236 e. The summed E-state index contributed by atoms with van der Waals surface area (Å²) in [7, 11) is 1.95. The number of hydrogen-bond donors (Lipinski definition) is 1. The van der Waals surface area contributed by atoms with E-state index < -0.39 is 0 Å². The molecule has 3 heterocycles. The van der Waals surface area contributed by atoms with Gasteiger partial charge >= 0.3 is 0 Å². The van der Waals surface area contributed by atoms with Crippen LogP contribution in [-0.2, 0) is 11.8 Å². The van der Waals surface area contributed by atoms with Crippen molar-refractivity contribution in [1.29, 1.82) is 0 Å². The summed E-state index contributed by atoms with van der Waals surface area (Å²) in [5, 5.41) is 21.2. The fraction of sp³-hybridized carbons (Fsp3) is 0.250. The topological polar surface area (TPSA) is 98.5 Å². The Balaban J connectivity index is 1.46. The van der Waals surface area contributed by atoms with Gasteiger partial charge in [-0.25, -0.2) is 4.98 Å². The Morgan fingerprint density at radius 1 is 1.19 bits per heavy atom. The number of carbonyl (C=O) groups excluding carboxylic acids is 1. The minimum absolute atomic E-state index is 0.174. The van der Waals surface area contributed by atoms with E-state index in [0.717, 1.165) is 32.2 Å². The van der Waals surface area contributed by atoms with E-state index in [-0.39, 0.29) is 11.7 Å². The quantitative estimate of drug-likeness (QED) is 0.377. The molecule has 0 saturated heterocycles. The molecule has 0 bridgehead atoms. The van der Waals surface area contributed by atoms with Gasteiger partial charge in [-0.3, -0.25) is 10.1 Å². The maximum atomic E-state index is 12.1. The van der Waals surface area contributed by atoms with Crippen LogP contribution in [0.1, 0.15) is 6.92 Å². The summed E-state index contributed by atoms with van der Waals surface area (Å²) in [5.74, 6) is 0.914. The molecule has 4 aromatic rings. The van der Waals surface area contributed by atoms with Crippen LogP contribution in [0.25, 0.3) is 22.1 Å². The Labute approximate surface area is 167 Å². The molecule has 4 rings (SSSR count). The maximum Gasteiger partial charge on any atom is 0.236 e. The van der Waals surface area contributed by atoms with Gasteiger partial charge in [-0.05, 0) is 11.8 Å². The van der Waals surface area contributed by atoms with Crippen LogP contribution >= 0.6 is 34.9 Å². The van der Waals surface area contributed by atoms with Gasteiger partial charge in [0.2, 0.25) is 16.2 Å². The van der Waals surface area contributed by atoms with Gasteiger partial charge < -0.3 is 4.57 Å². The first-order valence-electron chi connectivity index (χ1n) is 8.12. The SMILES string of the molecule is CCSc1nnc(NC(=O)CSc2nnc3c4ccccc4n(C)c3n2)s1. The lowest BCUT2D eigenvalue weighted by molar-refractivity contribution is -0.113. The molecule has 0 fully saturated rings. The van der Waals surface area contributed by atoms with Crippen molar-refractivity contribution in [1.82, 2.24) is 29.9 Å². The number of nitrogens with one attached hydrogen (secondary N) is 1. The molecule has 1 amide bonds. The number of benzene rings is 1. The third kappa shape index (κ3) is 3.75. The second kappa shape index (κ2) is 7.79. The van der Waals surface area contributed by atoms with Crippen LogP contribution in [-0.4, -0.2) is 47.4 Å². The molecule has 0 aliphatic carbocycles. The second-order valence-corrected chi connectivity index (χ2v) is 8.92. The summed E-state index contributed by atoms with van der Waals surface area (Å²) >= 11 is 4.20.